The number of anilines is 1. The van der Waals surface area contributed by atoms with Crippen molar-refractivity contribution in [1.29, 1.82) is 0 Å². The largest absolute Gasteiger partial charge is 0.362 e. The molecule has 2 N–H and O–H groups in total. The Morgan fingerprint density at radius 2 is 2.00 bits per heavy atom. The zero-order chi connectivity index (χ0) is 18.7. The Kier molecular flexibility index (Phi) is 5.45. The van der Waals surface area contributed by atoms with Crippen LogP contribution in [0.15, 0.2) is 47.4 Å². The van der Waals surface area contributed by atoms with Crippen molar-refractivity contribution in [1.82, 2.24) is 10.3 Å². The number of amides is 1. The minimum absolute atomic E-state index is 0.0113. The van der Waals surface area contributed by atoms with E-state index in [-0.39, 0.29) is 11.6 Å². The van der Waals surface area contributed by atoms with E-state index in [4.69, 9.17) is 11.6 Å². The molecule has 0 bridgehead atoms. The monoisotopic (exact) mass is 397 g/mol. The van der Waals surface area contributed by atoms with Gasteiger partial charge in [-0.05, 0) is 42.7 Å². The minimum atomic E-state index is -4.24. The highest BCUT2D eigenvalue weighted by molar-refractivity contribution is 7.89. The van der Waals surface area contributed by atoms with Crippen LogP contribution in [0.5, 0.6) is 0 Å². The molecule has 0 atom stereocenters. The Balaban J connectivity index is 1.64. The molecule has 9 heteroatoms. The van der Waals surface area contributed by atoms with Crippen molar-refractivity contribution < 1.29 is 17.6 Å². The number of fused-ring (bicyclic) bond motifs is 1. The quantitative estimate of drug-likeness (QED) is 0.758. The van der Waals surface area contributed by atoms with E-state index < -0.39 is 26.6 Å². The molecule has 1 amide bonds. The highest BCUT2D eigenvalue weighted by atomic mass is 35.5. The fraction of sp³-hybridized carbons (Fsp3) is 0.235. The lowest BCUT2D eigenvalue weighted by Crippen LogP contribution is -2.47. The van der Waals surface area contributed by atoms with E-state index in [0.29, 0.717) is 6.54 Å². The van der Waals surface area contributed by atoms with Crippen LogP contribution in [-0.4, -0.2) is 27.4 Å². The molecule has 6 nitrogen and oxygen atoms in total. The lowest BCUT2D eigenvalue weighted by Gasteiger charge is -2.30. The lowest BCUT2D eigenvalue weighted by molar-refractivity contribution is -0.120. The maximum atomic E-state index is 13.8. The number of carbonyl (C=O) groups excluding carboxylic acids is 1. The van der Waals surface area contributed by atoms with E-state index in [1.165, 1.54) is 6.07 Å². The highest BCUT2D eigenvalue weighted by Crippen LogP contribution is 2.26. The molecule has 1 aliphatic heterocycles. The Morgan fingerprint density at radius 1 is 1.23 bits per heavy atom. The van der Waals surface area contributed by atoms with Gasteiger partial charge in [0.15, 0.2) is 0 Å². The van der Waals surface area contributed by atoms with E-state index in [1.807, 2.05) is 34.0 Å². The Morgan fingerprint density at radius 3 is 2.77 bits per heavy atom. The molecule has 0 saturated carbocycles. The van der Waals surface area contributed by atoms with Crippen LogP contribution < -0.4 is 15.2 Å². The zero-order valence-corrected chi connectivity index (χ0v) is 15.3. The second kappa shape index (κ2) is 7.61. The molecular weight excluding hydrogens is 381 g/mol. The summed E-state index contributed by atoms with van der Waals surface area (Å²) in [4.78, 5) is 15.3. The Bertz CT molecular complexity index is 937. The third kappa shape index (κ3) is 4.14. The van der Waals surface area contributed by atoms with Gasteiger partial charge in [0.1, 0.15) is 10.7 Å². The van der Waals surface area contributed by atoms with Gasteiger partial charge in [0.05, 0.1) is 6.54 Å². The van der Waals surface area contributed by atoms with Gasteiger partial charge >= 0.3 is 0 Å². The summed E-state index contributed by atoms with van der Waals surface area (Å²) >= 11 is 5.61. The molecule has 138 valence electrons. The van der Waals surface area contributed by atoms with Gasteiger partial charge in [0.25, 0.3) is 15.9 Å². The number of hydrogen-bond donors (Lipinski definition) is 2. The number of benzene rings is 2. The number of sulfonamides is 1. The standard InChI is InChI=1S/C17H17ClFN3O3S/c18-13-7-8-16(14(19)10-13)26(24,25)21-20-17(23)11-22-9-3-5-12-4-1-2-6-15(12)22/h1-2,4,6-8,10,21H,3,5,9,11H2,(H,20,23). The summed E-state index contributed by atoms with van der Waals surface area (Å²) in [6.45, 7) is 0.686. The number of carbonyl (C=O) groups is 1. The first-order chi connectivity index (χ1) is 12.4. The summed E-state index contributed by atoms with van der Waals surface area (Å²) in [7, 11) is -4.24. The second-order valence-electron chi connectivity index (χ2n) is 5.88. The Labute approximate surface area is 156 Å². The van der Waals surface area contributed by atoms with Gasteiger partial charge in [-0.2, -0.15) is 0 Å². The predicted molar refractivity (Wildman–Crippen MR) is 96.9 cm³/mol. The molecule has 0 fully saturated rings. The summed E-state index contributed by atoms with van der Waals surface area (Å²) < 4.78 is 38.1. The highest BCUT2D eigenvalue weighted by Gasteiger charge is 2.22. The molecule has 0 radical (unpaired) electrons. The first-order valence-corrected chi connectivity index (χ1v) is 9.81. The number of nitrogens with one attached hydrogen (secondary N) is 2. The third-order valence-corrected chi connectivity index (χ3v) is 5.57. The summed E-state index contributed by atoms with van der Waals surface area (Å²) in [6, 6.07) is 10.9. The molecule has 1 aliphatic rings. The maximum absolute atomic E-state index is 13.8. The van der Waals surface area contributed by atoms with Crippen molar-refractivity contribution in [3.8, 4) is 0 Å². The molecule has 0 saturated heterocycles. The molecule has 1 heterocycles. The van der Waals surface area contributed by atoms with Gasteiger partial charge < -0.3 is 4.90 Å². The van der Waals surface area contributed by atoms with Gasteiger partial charge in [-0.3, -0.25) is 10.2 Å². The number of hydrogen-bond acceptors (Lipinski definition) is 4. The molecule has 2 aromatic carbocycles. The average molecular weight is 398 g/mol. The predicted octanol–water partition coefficient (Wildman–Crippen LogP) is 2.24. The number of aryl methyl sites for hydroxylation is 1. The normalized spacial score (nSPS) is 14.0. The number of halogens is 2. The number of rotatable bonds is 5. The summed E-state index contributed by atoms with van der Waals surface area (Å²) in [6.07, 6.45) is 1.85. The Hall–Kier alpha value is -2.16. The fourth-order valence-corrected chi connectivity index (χ4v) is 3.94. The van der Waals surface area contributed by atoms with Crippen LogP contribution >= 0.6 is 11.6 Å². The minimum Gasteiger partial charge on any atom is -0.362 e. The first kappa shape index (κ1) is 18.6. The smallest absolute Gasteiger partial charge is 0.260 e. The summed E-state index contributed by atoms with van der Waals surface area (Å²) in [5.74, 6) is -1.54. The SMILES string of the molecule is O=C(CN1CCCc2ccccc21)NNS(=O)(=O)c1ccc(Cl)cc1F. The van der Waals surface area contributed by atoms with Crippen LogP contribution in [0.4, 0.5) is 10.1 Å². The van der Waals surface area contributed by atoms with Crippen molar-refractivity contribution in [2.75, 3.05) is 18.0 Å². The first-order valence-electron chi connectivity index (χ1n) is 7.95. The van der Waals surface area contributed by atoms with Crippen molar-refractivity contribution in [2.24, 2.45) is 0 Å². The van der Waals surface area contributed by atoms with Gasteiger partial charge in [0.2, 0.25) is 0 Å². The number of nitrogens with zero attached hydrogens (tertiary/aromatic N) is 1. The van der Waals surface area contributed by atoms with Crippen molar-refractivity contribution in [3.63, 3.8) is 0 Å². The number of hydrazine groups is 1. The zero-order valence-electron chi connectivity index (χ0n) is 13.7. The topological polar surface area (TPSA) is 78.5 Å². The molecule has 3 rings (SSSR count). The molecule has 0 spiro atoms. The van der Waals surface area contributed by atoms with Crippen LogP contribution in [-0.2, 0) is 21.2 Å². The molecule has 0 aromatic heterocycles. The summed E-state index contributed by atoms with van der Waals surface area (Å²) in [5.41, 5.74) is 4.23. The van der Waals surface area contributed by atoms with Crippen molar-refractivity contribution >= 4 is 33.2 Å². The van der Waals surface area contributed by atoms with E-state index >= 15 is 0 Å². The average Bonchev–Trinajstić information content (AvgIpc) is 2.60. The second-order valence-corrected chi connectivity index (χ2v) is 7.97. The van der Waals surface area contributed by atoms with Crippen LogP contribution in [0, 0.1) is 5.82 Å². The van der Waals surface area contributed by atoms with Crippen LogP contribution in [0.1, 0.15) is 12.0 Å². The summed E-state index contributed by atoms with van der Waals surface area (Å²) in [5, 5.41) is 0.0780. The van der Waals surface area contributed by atoms with Gasteiger partial charge in [-0.25, -0.2) is 12.8 Å². The number of para-hydroxylation sites is 1. The third-order valence-electron chi connectivity index (χ3n) is 4.05. The van der Waals surface area contributed by atoms with E-state index in [0.717, 1.165) is 36.2 Å². The van der Waals surface area contributed by atoms with Crippen LogP contribution in [0.2, 0.25) is 5.02 Å². The lowest BCUT2D eigenvalue weighted by atomic mass is 10.0. The van der Waals surface area contributed by atoms with Gasteiger partial charge in [-0.1, -0.05) is 29.8 Å². The van der Waals surface area contributed by atoms with E-state index in [2.05, 4.69) is 5.43 Å². The van der Waals surface area contributed by atoms with Gasteiger partial charge in [0, 0.05) is 17.3 Å². The molecule has 26 heavy (non-hydrogen) atoms. The van der Waals surface area contributed by atoms with E-state index in [1.54, 1.807) is 0 Å². The molecule has 0 unspecified atom stereocenters. The van der Waals surface area contributed by atoms with Crippen molar-refractivity contribution in [2.45, 2.75) is 17.7 Å². The van der Waals surface area contributed by atoms with Crippen LogP contribution in [0.3, 0.4) is 0 Å². The maximum Gasteiger partial charge on any atom is 0.260 e. The van der Waals surface area contributed by atoms with E-state index in [9.17, 15) is 17.6 Å². The van der Waals surface area contributed by atoms with Crippen LogP contribution in [0.25, 0.3) is 0 Å². The van der Waals surface area contributed by atoms with Crippen molar-refractivity contribution in [3.05, 3.63) is 58.9 Å². The molecule has 2 aromatic rings. The van der Waals surface area contributed by atoms with Gasteiger partial charge in [-0.15, -0.1) is 4.83 Å². The molecular formula is C17H17ClFN3O3S. The molecule has 0 aliphatic carbocycles. The fourth-order valence-electron chi connectivity index (χ4n) is 2.86.